The van der Waals surface area contributed by atoms with Gasteiger partial charge in [0.2, 0.25) is 23.6 Å². The maximum Gasteiger partial charge on any atom is 0.242 e. The van der Waals surface area contributed by atoms with Crippen LogP contribution in [0.5, 0.6) is 0 Å². The Morgan fingerprint density at radius 1 is 0.957 bits per heavy atom. The fourth-order valence-electron chi connectivity index (χ4n) is 3.53. The number of amides is 4. The lowest BCUT2D eigenvalue weighted by Crippen LogP contribution is -2.52. The number of nitrogens with zero attached hydrogens (tertiary/aromatic N) is 3. The number of carbonyl (C=O) groups is 4. The largest absolute Gasteiger partial charge is 0.339 e. The quantitative estimate of drug-likeness (QED) is 0.514. The second-order valence-electron chi connectivity index (χ2n) is 6.31. The number of fused-ring (bicyclic) bond motifs is 1. The van der Waals surface area contributed by atoms with E-state index in [2.05, 4.69) is 0 Å². The molecule has 124 valence electrons. The molecule has 0 aromatic heterocycles. The van der Waals surface area contributed by atoms with Crippen LogP contribution in [0, 0.1) is 11.8 Å². The number of piperazine rings is 1. The molecule has 4 amide bonds. The van der Waals surface area contributed by atoms with Gasteiger partial charge in [-0.3, -0.25) is 24.1 Å². The number of likely N-dealkylation sites (tertiary alicyclic amines) is 1. The van der Waals surface area contributed by atoms with E-state index in [-0.39, 0.29) is 42.0 Å². The van der Waals surface area contributed by atoms with E-state index in [4.69, 9.17) is 0 Å². The van der Waals surface area contributed by atoms with Crippen molar-refractivity contribution in [2.75, 3.05) is 32.7 Å². The lowest BCUT2D eigenvalue weighted by molar-refractivity contribution is -0.147. The molecule has 0 saturated carbocycles. The number of hydrogen-bond acceptors (Lipinski definition) is 4. The Hall–Kier alpha value is -2.18. The van der Waals surface area contributed by atoms with Crippen molar-refractivity contribution >= 4 is 23.6 Å². The zero-order chi connectivity index (χ0) is 16.6. The average molecular weight is 319 g/mol. The molecule has 7 nitrogen and oxygen atoms in total. The van der Waals surface area contributed by atoms with Gasteiger partial charge in [-0.15, -0.1) is 0 Å². The van der Waals surface area contributed by atoms with Gasteiger partial charge in [0.25, 0.3) is 0 Å². The molecule has 0 N–H and O–H groups in total. The van der Waals surface area contributed by atoms with Crippen molar-refractivity contribution in [3.8, 4) is 0 Å². The first-order valence-corrected chi connectivity index (χ1v) is 8.02. The van der Waals surface area contributed by atoms with E-state index in [0.29, 0.717) is 39.0 Å². The zero-order valence-corrected chi connectivity index (χ0v) is 13.2. The van der Waals surface area contributed by atoms with Gasteiger partial charge in [0.05, 0.1) is 11.8 Å². The van der Waals surface area contributed by atoms with E-state index in [0.717, 1.165) is 4.90 Å². The predicted molar refractivity (Wildman–Crippen MR) is 80.9 cm³/mol. The maximum atomic E-state index is 12.4. The molecule has 0 aromatic carbocycles. The highest BCUT2D eigenvalue weighted by Gasteiger charge is 2.47. The standard InChI is InChI=1S/C16H21N3O4/c1-11(20)17-6-8-18(9-7-17)14(21)10-19-15(22)12-4-2-3-5-13(12)16(19)23/h2-3,12-13H,4-10H2,1H3/t12-,13-/m0/s1. The normalized spacial score (nSPS) is 27.4. The van der Waals surface area contributed by atoms with Crippen LogP contribution in [0.15, 0.2) is 12.2 Å². The Labute approximate surface area is 134 Å². The van der Waals surface area contributed by atoms with Gasteiger partial charge in [-0.05, 0) is 12.8 Å². The molecule has 0 radical (unpaired) electrons. The first-order chi connectivity index (χ1) is 11.0. The van der Waals surface area contributed by atoms with Gasteiger partial charge in [0.15, 0.2) is 0 Å². The van der Waals surface area contributed by atoms with Crippen molar-refractivity contribution in [2.24, 2.45) is 11.8 Å². The smallest absolute Gasteiger partial charge is 0.242 e. The van der Waals surface area contributed by atoms with Crippen LogP contribution in [0.2, 0.25) is 0 Å². The van der Waals surface area contributed by atoms with Gasteiger partial charge in [-0.2, -0.15) is 0 Å². The Kier molecular flexibility index (Phi) is 4.19. The second kappa shape index (κ2) is 6.14. The average Bonchev–Trinajstić information content (AvgIpc) is 2.80. The van der Waals surface area contributed by atoms with Crippen molar-refractivity contribution in [1.29, 1.82) is 0 Å². The minimum Gasteiger partial charge on any atom is -0.339 e. The summed E-state index contributed by atoms with van der Waals surface area (Å²) in [6.07, 6.45) is 5.02. The Bertz CT molecular complexity index is 552. The van der Waals surface area contributed by atoms with E-state index >= 15 is 0 Å². The molecule has 2 fully saturated rings. The van der Waals surface area contributed by atoms with Crippen molar-refractivity contribution in [3.05, 3.63) is 12.2 Å². The summed E-state index contributed by atoms with van der Waals surface area (Å²) in [7, 11) is 0. The topological polar surface area (TPSA) is 78.0 Å². The molecule has 0 unspecified atom stereocenters. The lowest BCUT2D eigenvalue weighted by atomic mass is 9.85. The van der Waals surface area contributed by atoms with Crippen LogP contribution in [-0.4, -0.2) is 71.1 Å². The molecular formula is C16H21N3O4. The third-order valence-electron chi connectivity index (χ3n) is 4.97. The fourth-order valence-corrected chi connectivity index (χ4v) is 3.53. The summed E-state index contributed by atoms with van der Waals surface area (Å²) in [5.41, 5.74) is 0. The second-order valence-corrected chi connectivity index (χ2v) is 6.31. The molecule has 3 rings (SSSR count). The van der Waals surface area contributed by atoms with Gasteiger partial charge < -0.3 is 9.80 Å². The highest BCUT2D eigenvalue weighted by atomic mass is 16.2. The number of carbonyl (C=O) groups excluding carboxylic acids is 4. The summed E-state index contributed by atoms with van der Waals surface area (Å²) in [5, 5.41) is 0. The highest BCUT2D eigenvalue weighted by molar-refractivity contribution is 6.07. The van der Waals surface area contributed by atoms with Crippen molar-refractivity contribution < 1.29 is 19.2 Å². The molecule has 2 atom stereocenters. The number of hydrogen-bond donors (Lipinski definition) is 0. The monoisotopic (exact) mass is 319 g/mol. The van der Waals surface area contributed by atoms with Crippen LogP contribution < -0.4 is 0 Å². The predicted octanol–water partition coefficient (Wildman–Crippen LogP) is -0.372. The van der Waals surface area contributed by atoms with E-state index in [1.807, 2.05) is 12.2 Å². The third-order valence-corrected chi connectivity index (χ3v) is 4.97. The van der Waals surface area contributed by atoms with Crippen LogP contribution in [0.3, 0.4) is 0 Å². The van der Waals surface area contributed by atoms with Gasteiger partial charge in [0, 0.05) is 33.1 Å². The molecule has 0 aromatic rings. The van der Waals surface area contributed by atoms with Gasteiger partial charge >= 0.3 is 0 Å². The van der Waals surface area contributed by atoms with Crippen LogP contribution in [-0.2, 0) is 19.2 Å². The summed E-state index contributed by atoms with van der Waals surface area (Å²) in [5.74, 6) is -1.26. The van der Waals surface area contributed by atoms with Crippen molar-refractivity contribution in [1.82, 2.24) is 14.7 Å². The zero-order valence-electron chi connectivity index (χ0n) is 13.2. The maximum absolute atomic E-state index is 12.4. The first-order valence-electron chi connectivity index (χ1n) is 8.02. The van der Waals surface area contributed by atoms with E-state index in [1.165, 1.54) is 6.92 Å². The van der Waals surface area contributed by atoms with Crippen LogP contribution in [0.25, 0.3) is 0 Å². The third kappa shape index (κ3) is 2.87. The molecule has 0 spiro atoms. The molecule has 2 heterocycles. The van der Waals surface area contributed by atoms with Crippen LogP contribution >= 0.6 is 0 Å². The Morgan fingerprint density at radius 2 is 1.43 bits per heavy atom. The number of rotatable bonds is 2. The summed E-state index contributed by atoms with van der Waals surface area (Å²) in [6, 6.07) is 0. The molecule has 3 aliphatic rings. The summed E-state index contributed by atoms with van der Waals surface area (Å²) in [4.78, 5) is 52.8. The fraction of sp³-hybridized carbons (Fsp3) is 0.625. The molecule has 23 heavy (non-hydrogen) atoms. The molecule has 2 aliphatic heterocycles. The van der Waals surface area contributed by atoms with Gasteiger partial charge in [0.1, 0.15) is 6.54 Å². The van der Waals surface area contributed by atoms with Crippen LogP contribution in [0.4, 0.5) is 0 Å². The number of imide groups is 1. The minimum atomic E-state index is -0.296. The molecule has 0 bridgehead atoms. The minimum absolute atomic E-state index is 0.00132. The summed E-state index contributed by atoms with van der Waals surface area (Å²) >= 11 is 0. The van der Waals surface area contributed by atoms with E-state index < -0.39 is 0 Å². The van der Waals surface area contributed by atoms with Crippen LogP contribution in [0.1, 0.15) is 19.8 Å². The first kappa shape index (κ1) is 15.7. The van der Waals surface area contributed by atoms with Gasteiger partial charge in [-0.25, -0.2) is 0 Å². The van der Waals surface area contributed by atoms with Gasteiger partial charge in [-0.1, -0.05) is 12.2 Å². The summed E-state index contributed by atoms with van der Waals surface area (Å²) < 4.78 is 0. The Balaban J connectivity index is 1.59. The highest BCUT2D eigenvalue weighted by Crippen LogP contribution is 2.34. The van der Waals surface area contributed by atoms with Crippen molar-refractivity contribution in [2.45, 2.75) is 19.8 Å². The summed E-state index contributed by atoms with van der Waals surface area (Å²) in [6.45, 7) is 3.22. The lowest BCUT2D eigenvalue weighted by Gasteiger charge is -2.34. The molecule has 2 saturated heterocycles. The molecular weight excluding hydrogens is 298 g/mol. The van der Waals surface area contributed by atoms with E-state index in [1.54, 1.807) is 9.80 Å². The number of allylic oxidation sites excluding steroid dienone is 2. The van der Waals surface area contributed by atoms with Crippen molar-refractivity contribution in [3.63, 3.8) is 0 Å². The molecule has 1 aliphatic carbocycles. The van der Waals surface area contributed by atoms with E-state index in [9.17, 15) is 19.2 Å². The Morgan fingerprint density at radius 3 is 1.91 bits per heavy atom. The SMILES string of the molecule is CC(=O)N1CCN(C(=O)CN2C(=O)[C@H]3CC=CC[C@@H]3C2=O)CC1. The molecule has 7 heteroatoms.